The van der Waals surface area contributed by atoms with E-state index in [2.05, 4.69) is 0 Å². The molecule has 5 nitrogen and oxygen atoms in total. The molecule has 0 saturated carbocycles. The molecule has 21 heavy (non-hydrogen) atoms. The summed E-state index contributed by atoms with van der Waals surface area (Å²) in [4.78, 5) is 24.2. The van der Waals surface area contributed by atoms with Crippen LogP contribution in [0.5, 0.6) is 5.75 Å². The van der Waals surface area contributed by atoms with Crippen LogP contribution in [-0.2, 0) is 16.0 Å². The van der Waals surface area contributed by atoms with Crippen molar-refractivity contribution in [3.05, 3.63) is 35.4 Å². The molecule has 0 spiro atoms. The number of aliphatic carboxylic acids is 1. The summed E-state index contributed by atoms with van der Waals surface area (Å²) in [6.45, 7) is 1.79. The Kier molecular flexibility index (Phi) is 3.64. The quantitative estimate of drug-likeness (QED) is 0.854. The smallest absolute Gasteiger partial charge is 0.303 e. The number of hydrogen-bond acceptors (Lipinski definition) is 3. The van der Waals surface area contributed by atoms with E-state index < -0.39 is 5.97 Å². The van der Waals surface area contributed by atoms with Crippen molar-refractivity contribution in [3.8, 4) is 5.75 Å². The number of hydrogen-bond donors (Lipinski definition) is 1. The molecule has 2 aliphatic rings. The van der Waals surface area contributed by atoms with Crippen LogP contribution in [0.25, 0.3) is 6.08 Å². The third-order valence-corrected chi connectivity index (χ3v) is 3.86. The van der Waals surface area contributed by atoms with E-state index in [1.54, 1.807) is 17.1 Å². The van der Waals surface area contributed by atoms with Gasteiger partial charge < -0.3 is 14.7 Å². The fraction of sp³-hybridized carbons (Fsp3) is 0.375. The summed E-state index contributed by atoms with van der Waals surface area (Å²) in [5.41, 5.74) is 2.16. The van der Waals surface area contributed by atoms with Crippen molar-refractivity contribution in [1.82, 2.24) is 4.90 Å². The van der Waals surface area contributed by atoms with Gasteiger partial charge in [0.1, 0.15) is 5.75 Å². The molecule has 1 aromatic rings. The Bertz CT molecular complexity index is 602. The first-order chi connectivity index (χ1) is 10.1. The molecule has 1 amide bonds. The van der Waals surface area contributed by atoms with Gasteiger partial charge in [0, 0.05) is 31.5 Å². The van der Waals surface area contributed by atoms with Gasteiger partial charge in [-0.25, -0.2) is 0 Å². The fourth-order valence-electron chi connectivity index (χ4n) is 2.71. The van der Waals surface area contributed by atoms with Crippen LogP contribution in [0, 0.1) is 5.92 Å². The molecule has 0 aliphatic carbocycles. The molecule has 3 rings (SSSR count). The van der Waals surface area contributed by atoms with Crippen molar-refractivity contribution in [3.63, 3.8) is 0 Å². The normalized spacial score (nSPS) is 17.4. The molecule has 0 atom stereocenters. The number of fused-ring (bicyclic) bond motifs is 1. The molecule has 5 heteroatoms. The molecule has 0 unspecified atom stereocenters. The van der Waals surface area contributed by atoms with Gasteiger partial charge in [0.25, 0.3) is 0 Å². The van der Waals surface area contributed by atoms with E-state index in [-0.39, 0.29) is 18.2 Å². The van der Waals surface area contributed by atoms with Crippen LogP contribution in [0.2, 0.25) is 0 Å². The molecule has 1 saturated heterocycles. The van der Waals surface area contributed by atoms with E-state index in [1.165, 1.54) is 5.56 Å². The Morgan fingerprint density at radius 2 is 2.19 bits per heavy atom. The number of nitrogens with zero attached hydrogens (tertiary/aromatic N) is 1. The van der Waals surface area contributed by atoms with Crippen LogP contribution in [0.3, 0.4) is 0 Å². The molecule has 0 aromatic heterocycles. The molecule has 2 aliphatic heterocycles. The second-order valence-electron chi connectivity index (χ2n) is 5.51. The number of amides is 1. The van der Waals surface area contributed by atoms with Gasteiger partial charge in [0.15, 0.2) is 0 Å². The Morgan fingerprint density at radius 3 is 2.95 bits per heavy atom. The second-order valence-corrected chi connectivity index (χ2v) is 5.51. The summed E-state index contributed by atoms with van der Waals surface area (Å²) in [7, 11) is 0. The van der Waals surface area contributed by atoms with Crippen LogP contribution in [0.1, 0.15) is 17.5 Å². The van der Waals surface area contributed by atoms with E-state index in [0.29, 0.717) is 13.1 Å². The lowest BCUT2D eigenvalue weighted by Crippen LogP contribution is -2.49. The van der Waals surface area contributed by atoms with Crippen LogP contribution < -0.4 is 4.74 Å². The zero-order chi connectivity index (χ0) is 14.8. The number of rotatable bonds is 4. The molecule has 110 valence electrons. The molecule has 1 N–H and O–H groups in total. The van der Waals surface area contributed by atoms with Crippen molar-refractivity contribution in [2.75, 3.05) is 19.7 Å². The van der Waals surface area contributed by atoms with Crippen LogP contribution in [0.15, 0.2) is 24.3 Å². The number of carbonyl (C=O) groups is 2. The molecular formula is C16H17NO4. The number of ether oxygens (including phenoxy) is 1. The first kappa shape index (κ1) is 13.7. The fourth-order valence-corrected chi connectivity index (χ4v) is 2.71. The Hall–Kier alpha value is -2.30. The Morgan fingerprint density at radius 1 is 1.38 bits per heavy atom. The number of carboxylic acid groups (broad SMARTS) is 1. The third-order valence-electron chi connectivity index (χ3n) is 3.86. The number of likely N-dealkylation sites (tertiary alicyclic amines) is 1. The summed E-state index contributed by atoms with van der Waals surface area (Å²) >= 11 is 0. The molecule has 0 radical (unpaired) electrons. The van der Waals surface area contributed by atoms with Crippen molar-refractivity contribution in [1.29, 1.82) is 0 Å². The zero-order valence-electron chi connectivity index (χ0n) is 11.6. The van der Waals surface area contributed by atoms with Crippen molar-refractivity contribution < 1.29 is 19.4 Å². The highest BCUT2D eigenvalue weighted by molar-refractivity contribution is 5.92. The van der Waals surface area contributed by atoms with Crippen molar-refractivity contribution in [2.24, 2.45) is 5.92 Å². The first-order valence-electron chi connectivity index (χ1n) is 7.06. The predicted octanol–water partition coefficient (Wildman–Crippen LogP) is 1.57. The van der Waals surface area contributed by atoms with Crippen molar-refractivity contribution in [2.45, 2.75) is 12.8 Å². The summed E-state index contributed by atoms with van der Waals surface area (Å²) in [6.07, 6.45) is 4.40. The largest absolute Gasteiger partial charge is 0.493 e. The van der Waals surface area contributed by atoms with Gasteiger partial charge in [-0.2, -0.15) is 0 Å². The summed E-state index contributed by atoms with van der Waals surface area (Å²) in [5, 5.41) is 8.67. The monoisotopic (exact) mass is 287 g/mol. The number of benzene rings is 1. The Labute approximate surface area is 122 Å². The number of carbonyl (C=O) groups excluding carboxylic acids is 1. The summed E-state index contributed by atoms with van der Waals surface area (Å²) in [5.74, 6) is 0.158. The van der Waals surface area contributed by atoms with E-state index >= 15 is 0 Å². The highest BCUT2D eigenvalue weighted by atomic mass is 16.5. The van der Waals surface area contributed by atoms with Gasteiger partial charge in [0.05, 0.1) is 13.0 Å². The lowest BCUT2D eigenvalue weighted by atomic mass is 9.96. The maximum Gasteiger partial charge on any atom is 0.303 e. The third kappa shape index (κ3) is 3.07. The SMILES string of the molecule is O=C(O)CC1CN(C(=O)C=Cc2ccc3c(c2)CCO3)C1. The zero-order valence-corrected chi connectivity index (χ0v) is 11.6. The van der Waals surface area contributed by atoms with Gasteiger partial charge in [0.2, 0.25) is 5.91 Å². The van der Waals surface area contributed by atoms with Gasteiger partial charge in [-0.1, -0.05) is 6.07 Å². The first-order valence-corrected chi connectivity index (χ1v) is 7.06. The maximum absolute atomic E-state index is 11.9. The van der Waals surface area contributed by atoms with E-state index in [0.717, 1.165) is 24.3 Å². The molecule has 0 bridgehead atoms. The van der Waals surface area contributed by atoms with Crippen LogP contribution in [-0.4, -0.2) is 41.6 Å². The second kappa shape index (κ2) is 5.60. The Balaban J connectivity index is 1.55. The average molecular weight is 287 g/mol. The minimum Gasteiger partial charge on any atom is -0.493 e. The van der Waals surface area contributed by atoms with Gasteiger partial charge in [-0.05, 0) is 29.3 Å². The van der Waals surface area contributed by atoms with Gasteiger partial charge >= 0.3 is 5.97 Å². The van der Waals surface area contributed by atoms with E-state index in [9.17, 15) is 9.59 Å². The molecule has 1 fully saturated rings. The van der Waals surface area contributed by atoms with E-state index in [4.69, 9.17) is 9.84 Å². The minimum absolute atomic E-state index is 0.0617. The highest BCUT2D eigenvalue weighted by Gasteiger charge is 2.30. The van der Waals surface area contributed by atoms with Crippen LogP contribution >= 0.6 is 0 Å². The van der Waals surface area contributed by atoms with Gasteiger partial charge in [-0.3, -0.25) is 9.59 Å². The molecule has 2 heterocycles. The average Bonchev–Trinajstić information content (AvgIpc) is 2.86. The highest BCUT2D eigenvalue weighted by Crippen LogP contribution is 2.26. The predicted molar refractivity (Wildman–Crippen MR) is 77.0 cm³/mol. The maximum atomic E-state index is 11.9. The summed E-state index contributed by atoms with van der Waals surface area (Å²) < 4.78 is 5.44. The number of carboxylic acids is 1. The van der Waals surface area contributed by atoms with Crippen molar-refractivity contribution >= 4 is 18.0 Å². The lowest BCUT2D eigenvalue weighted by molar-refractivity contribution is -0.143. The topological polar surface area (TPSA) is 66.8 Å². The van der Waals surface area contributed by atoms with Crippen LogP contribution in [0.4, 0.5) is 0 Å². The minimum atomic E-state index is -0.803. The molecule has 1 aromatic carbocycles. The summed E-state index contributed by atoms with van der Waals surface area (Å²) in [6, 6.07) is 5.89. The molecular weight excluding hydrogens is 270 g/mol. The standard InChI is InChI=1S/C16H17NO4/c18-15(17-9-12(10-17)8-16(19)20)4-2-11-1-3-14-13(7-11)5-6-21-14/h1-4,7,12H,5-6,8-10H2,(H,19,20). The lowest BCUT2D eigenvalue weighted by Gasteiger charge is -2.37. The van der Waals surface area contributed by atoms with E-state index in [1.807, 2.05) is 18.2 Å². The van der Waals surface area contributed by atoms with Gasteiger partial charge in [-0.15, -0.1) is 0 Å².